The second-order valence-electron chi connectivity index (χ2n) is 8.39. The first-order valence-electron chi connectivity index (χ1n) is 11.0. The van der Waals surface area contributed by atoms with Crippen LogP contribution in [-0.2, 0) is 20.8 Å². The van der Waals surface area contributed by atoms with E-state index in [1.54, 1.807) is 29.2 Å². The molecule has 2 aromatic carbocycles. The van der Waals surface area contributed by atoms with Gasteiger partial charge < -0.3 is 19.1 Å². The van der Waals surface area contributed by atoms with E-state index >= 15 is 0 Å². The summed E-state index contributed by atoms with van der Waals surface area (Å²) in [5.74, 6) is -0.388. The van der Waals surface area contributed by atoms with E-state index in [4.69, 9.17) is 25.8 Å². The van der Waals surface area contributed by atoms with Crippen LogP contribution >= 0.6 is 11.6 Å². The van der Waals surface area contributed by atoms with Gasteiger partial charge in [-0.1, -0.05) is 11.6 Å². The fourth-order valence-corrected chi connectivity index (χ4v) is 4.28. The lowest BCUT2D eigenvalue weighted by Crippen LogP contribution is -2.57. The maximum absolute atomic E-state index is 14.2. The summed E-state index contributed by atoms with van der Waals surface area (Å²) in [5, 5.41) is 0.594. The molecule has 9 heteroatoms. The van der Waals surface area contributed by atoms with Gasteiger partial charge in [0.15, 0.2) is 0 Å². The first-order chi connectivity index (χ1) is 15.9. The summed E-state index contributed by atoms with van der Waals surface area (Å²) in [5.41, 5.74) is -0.666. The number of nitrogens with zero attached hydrogens (tertiary/aromatic N) is 2. The molecule has 33 heavy (non-hydrogen) atoms. The number of ether oxygens (including phenoxy) is 3. The summed E-state index contributed by atoms with van der Waals surface area (Å²) in [6, 6.07) is 10.4. The van der Waals surface area contributed by atoms with Gasteiger partial charge in [-0.2, -0.15) is 0 Å². The van der Waals surface area contributed by atoms with E-state index in [1.165, 1.54) is 6.07 Å². The van der Waals surface area contributed by atoms with Crippen molar-refractivity contribution in [3.63, 3.8) is 0 Å². The molecule has 0 saturated carbocycles. The molecule has 6 nitrogen and oxygen atoms in total. The summed E-state index contributed by atoms with van der Waals surface area (Å²) in [6.07, 6.45) is 0.114. The first-order valence-corrected chi connectivity index (χ1v) is 11.3. The largest absolute Gasteiger partial charge is 0.491 e. The molecule has 2 heterocycles. The van der Waals surface area contributed by atoms with Gasteiger partial charge in [-0.15, -0.1) is 0 Å². The zero-order valence-corrected chi connectivity index (χ0v) is 19.0. The van der Waals surface area contributed by atoms with Gasteiger partial charge in [-0.3, -0.25) is 9.69 Å². The number of carbonyl (C=O) groups excluding carboxylic acids is 1. The first kappa shape index (κ1) is 23.9. The third-order valence-corrected chi connectivity index (χ3v) is 6.13. The highest BCUT2D eigenvalue weighted by molar-refractivity contribution is 6.30. The quantitative estimate of drug-likeness (QED) is 0.607. The van der Waals surface area contributed by atoms with E-state index in [0.717, 1.165) is 12.1 Å². The standard InChI is InChI=1S/C24H27ClF2N2O4/c25-19-1-4-21(5-2-19)32-17-24(14-23(30)29-8-10-31-11-9-29)16-28(7-12-33-24)15-18-13-20(26)3-6-22(18)27/h1-6,13H,7-12,14-17H2/t24-/m1/s1. The Labute approximate surface area is 197 Å². The number of carbonyl (C=O) groups is 1. The molecule has 4 rings (SSSR count). The van der Waals surface area contributed by atoms with E-state index in [9.17, 15) is 13.6 Å². The summed E-state index contributed by atoms with van der Waals surface area (Å²) in [7, 11) is 0. The predicted octanol–water partition coefficient (Wildman–Crippen LogP) is 3.52. The molecule has 0 bridgehead atoms. The van der Waals surface area contributed by atoms with Crippen molar-refractivity contribution >= 4 is 17.5 Å². The van der Waals surface area contributed by atoms with Gasteiger partial charge in [-0.05, 0) is 42.5 Å². The van der Waals surface area contributed by atoms with Crippen molar-refractivity contribution in [2.45, 2.75) is 18.6 Å². The van der Waals surface area contributed by atoms with Crippen LogP contribution in [0.1, 0.15) is 12.0 Å². The van der Waals surface area contributed by atoms with Crippen LogP contribution in [0.5, 0.6) is 5.75 Å². The van der Waals surface area contributed by atoms with Crippen molar-refractivity contribution in [2.75, 3.05) is 52.6 Å². The fourth-order valence-electron chi connectivity index (χ4n) is 4.15. The molecule has 178 valence electrons. The van der Waals surface area contributed by atoms with Crippen molar-refractivity contribution in [2.24, 2.45) is 0 Å². The van der Waals surface area contributed by atoms with Crippen LogP contribution < -0.4 is 4.74 Å². The average molecular weight is 481 g/mol. The van der Waals surface area contributed by atoms with Crippen molar-refractivity contribution in [3.05, 3.63) is 64.7 Å². The van der Waals surface area contributed by atoms with E-state index < -0.39 is 17.2 Å². The van der Waals surface area contributed by atoms with Crippen molar-refractivity contribution in [3.8, 4) is 5.75 Å². The molecule has 0 radical (unpaired) electrons. The second kappa shape index (κ2) is 10.8. The topological polar surface area (TPSA) is 51.2 Å². The minimum atomic E-state index is -0.933. The van der Waals surface area contributed by atoms with Crippen LogP contribution in [-0.4, -0.2) is 73.9 Å². The number of hydrogen-bond acceptors (Lipinski definition) is 5. The summed E-state index contributed by atoms with van der Waals surface area (Å²) >= 11 is 5.96. The van der Waals surface area contributed by atoms with Crippen LogP contribution in [0.2, 0.25) is 5.02 Å². The molecule has 1 amide bonds. The van der Waals surface area contributed by atoms with Gasteiger partial charge in [0, 0.05) is 43.3 Å². The van der Waals surface area contributed by atoms with Crippen molar-refractivity contribution in [1.29, 1.82) is 0 Å². The molecule has 2 aliphatic rings. The Kier molecular flexibility index (Phi) is 7.80. The zero-order chi connectivity index (χ0) is 23.3. The highest BCUT2D eigenvalue weighted by Gasteiger charge is 2.41. The van der Waals surface area contributed by atoms with Gasteiger partial charge in [0.1, 0.15) is 29.6 Å². The number of benzene rings is 2. The molecule has 0 unspecified atom stereocenters. The second-order valence-corrected chi connectivity index (χ2v) is 8.83. The van der Waals surface area contributed by atoms with Crippen LogP contribution in [0.15, 0.2) is 42.5 Å². The van der Waals surface area contributed by atoms with Crippen molar-refractivity contribution in [1.82, 2.24) is 9.80 Å². The number of hydrogen-bond donors (Lipinski definition) is 0. The third kappa shape index (κ3) is 6.41. The Hall–Kier alpha value is -2.26. The summed E-state index contributed by atoms with van der Waals surface area (Å²) < 4.78 is 45.4. The van der Waals surface area contributed by atoms with Gasteiger partial charge in [0.05, 0.1) is 26.2 Å². The van der Waals surface area contributed by atoms with Crippen LogP contribution in [0, 0.1) is 11.6 Å². The molecule has 0 N–H and O–H groups in total. The molecule has 2 saturated heterocycles. The molecule has 0 aliphatic carbocycles. The van der Waals surface area contributed by atoms with Gasteiger partial charge in [-0.25, -0.2) is 8.78 Å². The number of morpholine rings is 2. The van der Waals surface area contributed by atoms with Crippen LogP contribution in [0.25, 0.3) is 0 Å². The monoisotopic (exact) mass is 480 g/mol. The molecule has 2 aliphatic heterocycles. The Morgan fingerprint density at radius 2 is 1.82 bits per heavy atom. The predicted molar refractivity (Wildman–Crippen MR) is 119 cm³/mol. The van der Waals surface area contributed by atoms with Crippen molar-refractivity contribution < 1.29 is 27.8 Å². The average Bonchev–Trinajstić information content (AvgIpc) is 2.82. The number of amides is 1. The Balaban J connectivity index is 1.50. The van der Waals surface area contributed by atoms with E-state index in [2.05, 4.69) is 0 Å². The fraction of sp³-hybridized carbons (Fsp3) is 0.458. The lowest BCUT2D eigenvalue weighted by molar-refractivity contribution is -0.159. The number of rotatable bonds is 7. The van der Waals surface area contributed by atoms with E-state index in [-0.39, 0.29) is 31.0 Å². The maximum Gasteiger partial charge on any atom is 0.225 e. The van der Waals surface area contributed by atoms with E-state index in [0.29, 0.717) is 56.8 Å². The summed E-state index contributed by atoms with van der Waals surface area (Å²) in [4.78, 5) is 16.8. The van der Waals surface area contributed by atoms with Crippen LogP contribution in [0.4, 0.5) is 8.78 Å². The Morgan fingerprint density at radius 3 is 2.58 bits per heavy atom. The highest BCUT2D eigenvalue weighted by Crippen LogP contribution is 2.27. The van der Waals surface area contributed by atoms with Gasteiger partial charge >= 0.3 is 0 Å². The molecule has 0 spiro atoms. The minimum absolute atomic E-state index is 0.0446. The lowest BCUT2D eigenvalue weighted by atomic mass is 9.96. The van der Waals surface area contributed by atoms with Gasteiger partial charge in [0.25, 0.3) is 0 Å². The van der Waals surface area contributed by atoms with Gasteiger partial charge in [0.2, 0.25) is 5.91 Å². The SMILES string of the molecule is O=C(C[C@]1(COc2ccc(Cl)cc2)CN(Cc2cc(F)ccc2F)CCO1)N1CCOCC1. The normalized spacial score (nSPS) is 21.7. The highest BCUT2D eigenvalue weighted by atomic mass is 35.5. The third-order valence-electron chi connectivity index (χ3n) is 5.88. The Morgan fingerprint density at radius 1 is 1.06 bits per heavy atom. The number of halogens is 3. The molecular formula is C24H27ClF2N2O4. The smallest absolute Gasteiger partial charge is 0.225 e. The molecular weight excluding hydrogens is 454 g/mol. The molecule has 1 atom stereocenters. The maximum atomic E-state index is 14.2. The molecule has 2 fully saturated rings. The lowest BCUT2D eigenvalue weighted by Gasteiger charge is -2.43. The molecule has 0 aromatic heterocycles. The zero-order valence-electron chi connectivity index (χ0n) is 18.3. The van der Waals surface area contributed by atoms with E-state index in [1.807, 2.05) is 4.90 Å². The minimum Gasteiger partial charge on any atom is -0.491 e. The molecule has 2 aromatic rings. The Bertz CT molecular complexity index is 956. The van der Waals surface area contributed by atoms with Crippen LogP contribution in [0.3, 0.4) is 0 Å². The summed E-state index contributed by atoms with van der Waals surface area (Å²) in [6.45, 7) is 3.64.